The molecule has 6 nitrogen and oxygen atoms in total. The van der Waals surface area contributed by atoms with E-state index in [1.54, 1.807) is 12.1 Å². The summed E-state index contributed by atoms with van der Waals surface area (Å²) in [6, 6.07) is 16.7. The molecule has 3 aromatic rings. The molecule has 1 N–H and O–H groups in total. The number of piperidine rings is 1. The summed E-state index contributed by atoms with van der Waals surface area (Å²) in [5.41, 5.74) is 3.69. The Labute approximate surface area is 235 Å². The highest BCUT2D eigenvalue weighted by Crippen LogP contribution is 2.43. The number of benzene rings is 2. The molecule has 1 saturated heterocycles. The highest BCUT2D eigenvalue weighted by molar-refractivity contribution is 5.95. The Balaban J connectivity index is 1.15. The first kappa shape index (κ1) is 26.5. The zero-order valence-electron chi connectivity index (χ0n) is 23.1. The van der Waals surface area contributed by atoms with E-state index in [2.05, 4.69) is 15.2 Å². The molecule has 2 aromatic carbocycles. The summed E-state index contributed by atoms with van der Waals surface area (Å²) in [6.07, 6.45) is 10.2. The maximum absolute atomic E-state index is 14.9. The van der Waals surface area contributed by atoms with Crippen molar-refractivity contribution in [3.63, 3.8) is 0 Å². The molecule has 0 unspecified atom stereocenters. The van der Waals surface area contributed by atoms with Gasteiger partial charge in [0, 0.05) is 55.4 Å². The number of aryl methyl sites for hydroxylation is 1. The van der Waals surface area contributed by atoms with Gasteiger partial charge in [-0.25, -0.2) is 4.39 Å². The number of halogens is 1. The Morgan fingerprint density at radius 3 is 2.45 bits per heavy atom. The minimum Gasteiger partial charge on any atom is -0.371 e. The molecular weight excluding hydrogens is 503 g/mol. The van der Waals surface area contributed by atoms with Crippen LogP contribution in [0.3, 0.4) is 0 Å². The molecule has 0 radical (unpaired) electrons. The van der Waals surface area contributed by atoms with Crippen molar-refractivity contribution < 1.29 is 14.0 Å². The van der Waals surface area contributed by atoms with Crippen molar-refractivity contribution in [2.45, 2.75) is 68.9 Å². The number of amides is 2. The van der Waals surface area contributed by atoms with Gasteiger partial charge >= 0.3 is 0 Å². The monoisotopic (exact) mass is 540 g/mol. The van der Waals surface area contributed by atoms with Gasteiger partial charge in [-0.3, -0.25) is 14.6 Å². The standard InChI is InChI=1S/C33H37FN4O2/c1-37(25-14-20-38(21-15-25)26-12-18-35-19-13-26)31(39)24-9-8-23-10-11-30(27(23)22-24)36-32(40)33(16-4-5-17-33)28-6-2-3-7-29(28)34/h2-3,6-9,12-13,18-19,22,25,30H,4-5,10-11,14-17,20-21H2,1H3,(H,36,40)/t30-/m1/s1. The number of nitrogens with zero attached hydrogens (tertiary/aromatic N) is 3. The third-order valence-corrected chi connectivity index (χ3v) is 9.42. The van der Waals surface area contributed by atoms with Crippen LogP contribution >= 0.6 is 0 Å². The van der Waals surface area contributed by atoms with Crippen molar-refractivity contribution >= 4 is 17.5 Å². The first-order valence-electron chi connectivity index (χ1n) is 14.6. The molecule has 1 atom stereocenters. The van der Waals surface area contributed by atoms with Crippen LogP contribution in [0.2, 0.25) is 0 Å². The van der Waals surface area contributed by atoms with E-state index in [9.17, 15) is 14.0 Å². The first-order valence-corrected chi connectivity index (χ1v) is 14.6. The van der Waals surface area contributed by atoms with Gasteiger partial charge in [-0.2, -0.15) is 0 Å². The molecule has 2 fully saturated rings. The number of carbonyl (C=O) groups is 2. The number of aromatic nitrogens is 1. The molecule has 6 rings (SSSR count). The summed E-state index contributed by atoms with van der Waals surface area (Å²) >= 11 is 0. The van der Waals surface area contributed by atoms with Crippen LogP contribution < -0.4 is 10.2 Å². The van der Waals surface area contributed by atoms with Gasteiger partial charge in [0.15, 0.2) is 0 Å². The average Bonchev–Trinajstić information content (AvgIpc) is 3.65. The zero-order valence-corrected chi connectivity index (χ0v) is 23.1. The summed E-state index contributed by atoms with van der Waals surface area (Å²) < 4.78 is 14.9. The highest BCUT2D eigenvalue weighted by atomic mass is 19.1. The van der Waals surface area contributed by atoms with Gasteiger partial charge in [0.2, 0.25) is 5.91 Å². The third-order valence-electron chi connectivity index (χ3n) is 9.42. The van der Waals surface area contributed by atoms with Crippen molar-refractivity contribution in [1.82, 2.24) is 15.2 Å². The van der Waals surface area contributed by atoms with Crippen LogP contribution in [0.25, 0.3) is 0 Å². The lowest BCUT2D eigenvalue weighted by molar-refractivity contribution is -0.127. The molecule has 40 heavy (non-hydrogen) atoms. The third kappa shape index (κ3) is 4.87. The van der Waals surface area contributed by atoms with Crippen LogP contribution in [-0.4, -0.2) is 47.9 Å². The lowest BCUT2D eigenvalue weighted by Crippen LogP contribution is -2.45. The molecule has 208 valence electrons. The Kier molecular flexibility index (Phi) is 7.30. The molecular formula is C33H37FN4O2. The Bertz CT molecular complexity index is 1380. The topological polar surface area (TPSA) is 65.5 Å². The molecule has 1 saturated carbocycles. The molecule has 1 aromatic heterocycles. The van der Waals surface area contributed by atoms with Crippen LogP contribution in [-0.2, 0) is 16.6 Å². The summed E-state index contributed by atoms with van der Waals surface area (Å²) in [5, 5.41) is 3.28. The largest absolute Gasteiger partial charge is 0.371 e. The normalized spacial score (nSPS) is 20.2. The van der Waals surface area contributed by atoms with Crippen molar-refractivity contribution in [3.05, 3.63) is 95.1 Å². The van der Waals surface area contributed by atoms with Crippen LogP contribution in [0.1, 0.15) is 78.0 Å². The van der Waals surface area contributed by atoms with Crippen molar-refractivity contribution in [2.75, 3.05) is 25.0 Å². The number of pyridine rings is 1. The van der Waals surface area contributed by atoms with E-state index in [4.69, 9.17) is 0 Å². The van der Waals surface area contributed by atoms with Crippen LogP contribution in [0.4, 0.5) is 10.1 Å². The molecule has 3 aliphatic rings. The maximum Gasteiger partial charge on any atom is 0.253 e. The minimum atomic E-state index is -0.827. The minimum absolute atomic E-state index is 0.0146. The molecule has 7 heteroatoms. The van der Waals surface area contributed by atoms with Gasteiger partial charge in [0.1, 0.15) is 5.82 Å². The summed E-state index contributed by atoms with van der Waals surface area (Å²) in [6.45, 7) is 1.79. The maximum atomic E-state index is 14.9. The van der Waals surface area contributed by atoms with Crippen LogP contribution in [0.15, 0.2) is 67.0 Å². The van der Waals surface area contributed by atoms with Crippen molar-refractivity contribution in [3.8, 4) is 0 Å². The van der Waals surface area contributed by atoms with E-state index in [-0.39, 0.29) is 29.7 Å². The summed E-state index contributed by atoms with van der Waals surface area (Å²) in [7, 11) is 1.90. The Hall–Kier alpha value is -3.74. The van der Waals surface area contributed by atoms with Gasteiger partial charge in [-0.05, 0) is 80.0 Å². The molecule has 0 spiro atoms. The Morgan fingerprint density at radius 1 is 1.00 bits per heavy atom. The SMILES string of the molecule is CN(C(=O)c1ccc2c(c1)[C@H](NC(=O)C1(c3ccccc3F)CCCC1)CC2)C1CCN(c2ccncc2)CC1. The number of carbonyl (C=O) groups excluding carboxylic acids is 2. The highest BCUT2D eigenvalue weighted by Gasteiger charge is 2.45. The van der Waals surface area contributed by atoms with Crippen LogP contribution in [0, 0.1) is 5.82 Å². The van der Waals surface area contributed by atoms with Crippen molar-refractivity contribution in [2.24, 2.45) is 0 Å². The number of fused-ring (bicyclic) bond motifs is 1. The van der Waals surface area contributed by atoms with Gasteiger partial charge in [0.05, 0.1) is 11.5 Å². The van der Waals surface area contributed by atoms with E-state index in [0.29, 0.717) is 24.0 Å². The fraction of sp³-hybridized carbons (Fsp3) is 0.424. The second-order valence-electron chi connectivity index (χ2n) is 11.6. The predicted molar refractivity (Wildman–Crippen MR) is 154 cm³/mol. The van der Waals surface area contributed by atoms with Gasteiger partial charge < -0.3 is 15.1 Å². The van der Waals surface area contributed by atoms with E-state index < -0.39 is 5.41 Å². The number of rotatable bonds is 6. The molecule has 2 aliphatic carbocycles. The molecule has 2 amide bonds. The lowest BCUT2D eigenvalue weighted by Gasteiger charge is -2.38. The number of anilines is 1. The second-order valence-corrected chi connectivity index (χ2v) is 11.6. The molecule has 1 aliphatic heterocycles. The van der Waals surface area contributed by atoms with E-state index in [1.807, 2.05) is 60.7 Å². The molecule has 0 bridgehead atoms. The number of hydrogen-bond donors (Lipinski definition) is 1. The predicted octanol–water partition coefficient (Wildman–Crippen LogP) is 5.58. The first-order chi connectivity index (χ1) is 19.5. The van der Waals surface area contributed by atoms with E-state index >= 15 is 0 Å². The average molecular weight is 541 g/mol. The fourth-order valence-electron chi connectivity index (χ4n) is 7.06. The zero-order chi connectivity index (χ0) is 27.7. The van der Waals surface area contributed by atoms with Gasteiger partial charge in [-0.15, -0.1) is 0 Å². The lowest BCUT2D eigenvalue weighted by atomic mass is 9.77. The van der Waals surface area contributed by atoms with Crippen LogP contribution in [0.5, 0.6) is 0 Å². The van der Waals surface area contributed by atoms with E-state index in [1.165, 1.54) is 17.3 Å². The Morgan fingerprint density at radius 2 is 1.73 bits per heavy atom. The smallest absolute Gasteiger partial charge is 0.253 e. The summed E-state index contributed by atoms with van der Waals surface area (Å²) in [4.78, 5) is 35.7. The fourth-order valence-corrected chi connectivity index (χ4v) is 7.06. The van der Waals surface area contributed by atoms with E-state index in [0.717, 1.165) is 57.2 Å². The second kappa shape index (κ2) is 11.0. The number of hydrogen-bond acceptors (Lipinski definition) is 4. The molecule has 2 heterocycles. The van der Waals surface area contributed by atoms with Gasteiger partial charge in [0.25, 0.3) is 5.91 Å². The van der Waals surface area contributed by atoms with Crippen molar-refractivity contribution in [1.29, 1.82) is 0 Å². The summed E-state index contributed by atoms with van der Waals surface area (Å²) in [5.74, 6) is -0.391. The van der Waals surface area contributed by atoms with Gasteiger partial charge in [-0.1, -0.05) is 37.1 Å². The quantitative estimate of drug-likeness (QED) is 0.444. The number of nitrogens with one attached hydrogen (secondary N) is 1.